The molecule has 2 aromatic heterocycles. The van der Waals surface area contributed by atoms with E-state index in [4.69, 9.17) is 4.98 Å². The van der Waals surface area contributed by atoms with E-state index >= 15 is 0 Å². The molecule has 0 spiro atoms. The molecule has 26 heavy (non-hydrogen) atoms. The summed E-state index contributed by atoms with van der Waals surface area (Å²) in [7, 11) is 1.96. The van der Waals surface area contributed by atoms with Crippen LogP contribution in [0.3, 0.4) is 0 Å². The largest absolute Gasteiger partial charge is 0.346 e. The van der Waals surface area contributed by atoms with Gasteiger partial charge in [0.15, 0.2) is 5.13 Å². The van der Waals surface area contributed by atoms with Gasteiger partial charge in [0.2, 0.25) is 0 Å². The average Bonchev–Trinajstić information content (AvgIpc) is 3.40. The Bertz CT molecular complexity index is 908. The Kier molecular flexibility index (Phi) is 4.17. The van der Waals surface area contributed by atoms with Gasteiger partial charge in [-0.2, -0.15) is 5.10 Å². The highest BCUT2D eigenvalue weighted by molar-refractivity contribution is 7.22. The standard InChI is InChI=1S/C20H25N5S/c1-23-13-16(12-21-23)15-5-6-18-19(11-15)26-20(22-18)25-10-7-17(14-25)24-8-3-2-4-9-24/h5-6,11-13,17H,2-4,7-10,14H2,1H3/t17-/m1/s1. The molecule has 4 heterocycles. The minimum Gasteiger partial charge on any atom is -0.346 e. The summed E-state index contributed by atoms with van der Waals surface area (Å²) in [5, 5.41) is 5.47. The number of likely N-dealkylation sites (tertiary alicyclic amines) is 1. The van der Waals surface area contributed by atoms with E-state index in [9.17, 15) is 0 Å². The first-order valence-corrected chi connectivity index (χ1v) is 10.5. The third-order valence-corrected chi connectivity index (χ3v) is 6.84. The van der Waals surface area contributed by atoms with E-state index < -0.39 is 0 Å². The Morgan fingerprint density at radius 2 is 1.96 bits per heavy atom. The maximum atomic E-state index is 4.92. The molecular weight excluding hydrogens is 342 g/mol. The first-order chi connectivity index (χ1) is 12.8. The lowest BCUT2D eigenvalue weighted by Gasteiger charge is -2.32. The third-order valence-electron chi connectivity index (χ3n) is 5.76. The van der Waals surface area contributed by atoms with Gasteiger partial charge in [0, 0.05) is 37.9 Å². The summed E-state index contributed by atoms with van der Waals surface area (Å²) in [6.45, 7) is 4.84. The average molecular weight is 368 g/mol. The molecule has 3 aromatic rings. The number of aryl methyl sites for hydroxylation is 1. The summed E-state index contributed by atoms with van der Waals surface area (Å²) >= 11 is 1.83. The van der Waals surface area contributed by atoms with Crippen LogP contribution in [0.1, 0.15) is 25.7 Å². The molecule has 0 radical (unpaired) electrons. The highest BCUT2D eigenvalue weighted by atomic mass is 32.1. The van der Waals surface area contributed by atoms with Crippen LogP contribution in [0, 0.1) is 0 Å². The van der Waals surface area contributed by atoms with Crippen LogP contribution in [0.15, 0.2) is 30.6 Å². The summed E-state index contributed by atoms with van der Waals surface area (Å²) in [5.74, 6) is 0. The fourth-order valence-electron chi connectivity index (χ4n) is 4.29. The molecule has 5 nitrogen and oxygen atoms in total. The van der Waals surface area contributed by atoms with Gasteiger partial charge in [0.05, 0.1) is 16.4 Å². The zero-order chi connectivity index (χ0) is 17.5. The molecule has 6 heteroatoms. The van der Waals surface area contributed by atoms with Crippen molar-refractivity contribution in [2.24, 2.45) is 7.05 Å². The molecule has 2 saturated heterocycles. The van der Waals surface area contributed by atoms with Gasteiger partial charge < -0.3 is 4.90 Å². The minimum atomic E-state index is 0.716. The number of hydrogen-bond acceptors (Lipinski definition) is 5. The lowest BCUT2D eigenvalue weighted by Crippen LogP contribution is -2.40. The van der Waals surface area contributed by atoms with Crippen molar-refractivity contribution < 1.29 is 0 Å². The number of fused-ring (bicyclic) bond motifs is 1. The van der Waals surface area contributed by atoms with Crippen LogP contribution in [0.4, 0.5) is 5.13 Å². The Morgan fingerprint density at radius 3 is 2.77 bits per heavy atom. The number of thiazole rings is 1. The molecule has 0 amide bonds. The van der Waals surface area contributed by atoms with E-state index in [1.165, 1.54) is 54.2 Å². The molecule has 2 aliphatic heterocycles. The smallest absolute Gasteiger partial charge is 0.186 e. The second-order valence-corrected chi connectivity index (χ2v) is 8.58. The number of piperidine rings is 1. The normalized spacial score (nSPS) is 21.7. The van der Waals surface area contributed by atoms with Crippen molar-refractivity contribution in [2.75, 3.05) is 31.1 Å². The van der Waals surface area contributed by atoms with E-state index in [0.29, 0.717) is 6.04 Å². The second-order valence-electron chi connectivity index (χ2n) is 7.57. The monoisotopic (exact) mass is 367 g/mol. The summed E-state index contributed by atoms with van der Waals surface area (Å²) in [4.78, 5) is 10.1. The van der Waals surface area contributed by atoms with Gasteiger partial charge in [-0.25, -0.2) is 4.98 Å². The topological polar surface area (TPSA) is 37.2 Å². The summed E-state index contributed by atoms with van der Waals surface area (Å²) < 4.78 is 3.12. The van der Waals surface area contributed by atoms with Crippen molar-refractivity contribution >= 4 is 26.7 Å². The van der Waals surface area contributed by atoms with Crippen LogP contribution in [0.25, 0.3) is 21.3 Å². The van der Waals surface area contributed by atoms with E-state index in [0.717, 1.165) is 24.2 Å². The number of aromatic nitrogens is 3. The van der Waals surface area contributed by atoms with Crippen molar-refractivity contribution in [3.63, 3.8) is 0 Å². The molecule has 1 atom stereocenters. The van der Waals surface area contributed by atoms with E-state index in [-0.39, 0.29) is 0 Å². The molecule has 2 fully saturated rings. The molecule has 0 saturated carbocycles. The highest BCUT2D eigenvalue weighted by Gasteiger charge is 2.29. The molecule has 5 rings (SSSR count). The van der Waals surface area contributed by atoms with Gasteiger partial charge in [-0.3, -0.25) is 9.58 Å². The van der Waals surface area contributed by atoms with E-state index in [1.54, 1.807) is 0 Å². The summed E-state index contributed by atoms with van der Waals surface area (Å²) in [5.41, 5.74) is 3.49. The fourth-order valence-corrected chi connectivity index (χ4v) is 5.33. The molecule has 0 aliphatic carbocycles. The van der Waals surface area contributed by atoms with E-state index in [1.807, 2.05) is 29.3 Å². The summed E-state index contributed by atoms with van der Waals surface area (Å²) in [6, 6.07) is 7.28. The van der Waals surface area contributed by atoms with Crippen LogP contribution in [-0.2, 0) is 7.05 Å². The SMILES string of the molecule is Cn1cc(-c2ccc3nc(N4CC[C@@H](N5CCCCC5)C4)sc3c2)cn1. The molecule has 0 bridgehead atoms. The molecule has 1 aromatic carbocycles. The van der Waals surface area contributed by atoms with Crippen LogP contribution < -0.4 is 4.90 Å². The number of rotatable bonds is 3. The molecule has 0 N–H and O–H groups in total. The van der Waals surface area contributed by atoms with Gasteiger partial charge in [-0.05, 0) is 50.0 Å². The van der Waals surface area contributed by atoms with Crippen LogP contribution in [0.2, 0.25) is 0 Å². The number of benzene rings is 1. The van der Waals surface area contributed by atoms with Gasteiger partial charge in [0.1, 0.15) is 0 Å². The van der Waals surface area contributed by atoms with Gasteiger partial charge in [-0.1, -0.05) is 23.8 Å². The second kappa shape index (κ2) is 6.67. The fraction of sp³-hybridized carbons (Fsp3) is 0.500. The van der Waals surface area contributed by atoms with Crippen molar-refractivity contribution in [2.45, 2.75) is 31.7 Å². The third kappa shape index (κ3) is 3.01. The molecule has 0 unspecified atom stereocenters. The van der Waals surface area contributed by atoms with Crippen molar-refractivity contribution in [3.8, 4) is 11.1 Å². The zero-order valence-electron chi connectivity index (χ0n) is 15.3. The van der Waals surface area contributed by atoms with Crippen molar-refractivity contribution in [3.05, 3.63) is 30.6 Å². The first-order valence-electron chi connectivity index (χ1n) is 9.65. The molecular formula is C20H25N5S. The Labute approximate surface area is 158 Å². The van der Waals surface area contributed by atoms with E-state index in [2.05, 4.69) is 39.3 Å². The Hall–Kier alpha value is -1.92. The number of nitrogens with zero attached hydrogens (tertiary/aromatic N) is 5. The minimum absolute atomic E-state index is 0.716. The highest BCUT2D eigenvalue weighted by Crippen LogP contribution is 2.34. The lowest BCUT2D eigenvalue weighted by molar-refractivity contribution is 0.175. The van der Waals surface area contributed by atoms with Gasteiger partial charge >= 0.3 is 0 Å². The van der Waals surface area contributed by atoms with Crippen molar-refractivity contribution in [1.82, 2.24) is 19.7 Å². The van der Waals surface area contributed by atoms with Crippen LogP contribution in [-0.4, -0.2) is 51.9 Å². The predicted molar refractivity (Wildman–Crippen MR) is 108 cm³/mol. The molecule has 136 valence electrons. The van der Waals surface area contributed by atoms with Crippen LogP contribution >= 0.6 is 11.3 Å². The van der Waals surface area contributed by atoms with Gasteiger partial charge in [0.25, 0.3) is 0 Å². The summed E-state index contributed by atoms with van der Waals surface area (Å²) in [6.07, 6.45) is 9.41. The quantitative estimate of drug-likeness (QED) is 0.706. The Morgan fingerprint density at radius 1 is 1.08 bits per heavy atom. The van der Waals surface area contributed by atoms with Gasteiger partial charge in [-0.15, -0.1) is 0 Å². The first kappa shape index (κ1) is 16.3. The Balaban J connectivity index is 1.36. The maximum absolute atomic E-state index is 4.92. The van der Waals surface area contributed by atoms with Crippen LogP contribution in [0.5, 0.6) is 0 Å². The predicted octanol–water partition coefficient (Wildman–Crippen LogP) is 3.76. The number of hydrogen-bond donors (Lipinski definition) is 0. The number of anilines is 1. The maximum Gasteiger partial charge on any atom is 0.186 e. The molecule has 2 aliphatic rings. The van der Waals surface area contributed by atoms with Crippen molar-refractivity contribution in [1.29, 1.82) is 0 Å². The zero-order valence-corrected chi connectivity index (χ0v) is 16.1. The lowest BCUT2D eigenvalue weighted by atomic mass is 10.1.